The number of nitro groups is 1. The number of hydrogen-bond acceptors (Lipinski definition) is 8. The smallest absolute Gasteiger partial charge is 0.273 e. The maximum absolute atomic E-state index is 12.0. The molecule has 0 spiro atoms. The molecule has 210 valence electrons. The molecule has 5 rings (SSSR count). The molecule has 1 saturated heterocycles. The van der Waals surface area contributed by atoms with Crippen molar-refractivity contribution in [2.45, 2.75) is 25.4 Å². The van der Waals surface area contributed by atoms with Crippen LogP contribution in [0.15, 0.2) is 77.3 Å². The molecule has 1 aliphatic heterocycles. The zero-order valence-corrected chi connectivity index (χ0v) is 23.3. The van der Waals surface area contributed by atoms with Crippen LogP contribution >= 0.6 is 12.2 Å². The van der Waals surface area contributed by atoms with Crippen molar-refractivity contribution in [1.29, 1.82) is 0 Å². The predicted molar refractivity (Wildman–Crippen MR) is 157 cm³/mol. The third kappa shape index (κ3) is 5.41. The van der Waals surface area contributed by atoms with E-state index in [0.29, 0.717) is 51.5 Å². The molecule has 0 saturated carbocycles. The van der Waals surface area contributed by atoms with Gasteiger partial charge in [-0.1, -0.05) is 13.0 Å². The van der Waals surface area contributed by atoms with Gasteiger partial charge in [0.05, 0.1) is 48.2 Å². The Morgan fingerprint density at radius 1 is 1.12 bits per heavy atom. The molecule has 41 heavy (non-hydrogen) atoms. The molecule has 2 aromatic carbocycles. The van der Waals surface area contributed by atoms with Gasteiger partial charge in [-0.25, -0.2) is 0 Å². The topological polar surface area (TPSA) is 132 Å². The van der Waals surface area contributed by atoms with E-state index in [0.717, 1.165) is 5.69 Å². The average Bonchev–Trinajstić information content (AvgIpc) is 3.61. The molecule has 2 aromatic heterocycles. The number of thiocarbonyl (C=S) groups is 1. The van der Waals surface area contributed by atoms with Crippen molar-refractivity contribution in [3.8, 4) is 22.8 Å². The molecule has 1 fully saturated rings. The second-order valence-electron chi connectivity index (χ2n) is 9.13. The van der Waals surface area contributed by atoms with Gasteiger partial charge in [0, 0.05) is 30.4 Å². The number of non-ortho nitro benzene ring substituents is 1. The Morgan fingerprint density at radius 2 is 1.93 bits per heavy atom. The van der Waals surface area contributed by atoms with Crippen LogP contribution in [-0.4, -0.2) is 35.1 Å². The first-order chi connectivity index (χ1) is 19.8. The summed E-state index contributed by atoms with van der Waals surface area (Å²) in [6, 6.07) is 18.2. The van der Waals surface area contributed by atoms with Crippen LogP contribution in [0.2, 0.25) is 0 Å². The van der Waals surface area contributed by atoms with E-state index in [1.54, 1.807) is 37.4 Å². The molecule has 2 N–H and O–H groups in total. The van der Waals surface area contributed by atoms with Gasteiger partial charge in [0.15, 0.2) is 5.11 Å². The molecular formula is C29H27N5O6S. The fourth-order valence-electron chi connectivity index (χ4n) is 4.75. The normalized spacial score (nSPS) is 16.3. The lowest BCUT2D eigenvalue weighted by Gasteiger charge is -2.27. The van der Waals surface area contributed by atoms with Crippen LogP contribution in [0.25, 0.3) is 11.3 Å². The number of nitro benzene ring substituents is 1. The Morgan fingerprint density at radius 3 is 2.61 bits per heavy atom. The summed E-state index contributed by atoms with van der Waals surface area (Å²) in [6.07, 6.45) is 2.04. The van der Waals surface area contributed by atoms with Crippen LogP contribution in [0.3, 0.4) is 0 Å². The summed E-state index contributed by atoms with van der Waals surface area (Å²) in [4.78, 5) is 29.3. The monoisotopic (exact) mass is 573 g/mol. The summed E-state index contributed by atoms with van der Waals surface area (Å²) in [7, 11) is 2.98. The van der Waals surface area contributed by atoms with Gasteiger partial charge in [-0.2, -0.15) is 0 Å². The predicted octanol–water partition coefficient (Wildman–Crippen LogP) is 5.79. The minimum absolute atomic E-state index is 0.0865. The third-order valence-corrected chi connectivity index (χ3v) is 7.05. The van der Waals surface area contributed by atoms with Crippen molar-refractivity contribution in [1.82, 2.24) is 10.3 Å². The molecular weight excluding hydrogens is 546 g/mol. The number of hydrogen-bond donors (Lipinski definition) is 2. The van der Waals surface area contributed by atoms with Crippen LogP contribution in [0.1, 0.15) is 36.9 Å². The number of carbonyl (C=O) groups is 1. The zero-order valence-electron chi connectivity index (χ0n) is 22.5. The fraction of sp³-hybridized carbons (Fsp3) is 0.207. The van der Waals surface area contributed by atoms with E-state index in [1.807, 2.05) is 35.2 Å². The first-order valence-corrected chi connectivity index (χ1v) is 13.2. The highest BCUT2D eigenvalue weighted by Gasteiger charge is 2.43. The van der Waals surface area contributed by atoms with Crippen LogP contribution in [0.5, 0.6) is 11.5 Å². The summed E-state index contributed by atoms with van der Waals surface area (Å²) in [5.74, 6) is 1.70. The van der Waals surface area contributed by atoms with Gasteiger partial charge in [-0.05, 0) is 54.7 Å². The van der Waals surface area contributed by atoms with Gasteiger partial charge in [-0.3, -0.25) is 19.9 Å². The van der Waals surface area contributed by atoms with E-state index in [1.165, 1.54) is 26.4 Å². The number of nitrogens with zero attached hydrogens (tertiary/aromatic N) is 3. The molecule has 0 aliphatic carbocycles. The second kappa shape index (κ2) is 11.6. The second-order valence-corrected chi connectivity index (χ2v) is 9.51. The molecule has 0 bridgehead atoms. The molecule has 3 heterocycles. The quantitative estimate of drug-likeness (QED) is 0.144. The number of nitrogens with one attached hydrogen (secondary N) is 2. The van der Waals surface area contributed by atoms with Gasteiger partial charge in [-0.15, -0.1) is 0 Å². The number of aromatic nitrogens is 1. The highest BCUT2D eigenvalue weighted by atomic mass is 32.1. The number of ether oxygens (including phenoxy) is 2. The maximum atomic E-state index is 12.0. The Bertz CT molecular complexity index is 1610. The highest BCUT2D eigenvalue weighted by Crippen LogP contribution is 2.45. The summed E-state index contributed by atoms with van der Waals surface area (Å²) >= 11 is 5.81. The van der Waals surface area contributed by atoms with E-state index in [2.05, 4.69) is 15.6 Å². The van der Waals surface area contributed by atoms with Crippen molar-refractivity contribution in [2.24, 2.45) is 0 Å². The Balaban J connectivity index is 1.58. The molecule has 0 radical (unpaired) electrons. The summed E-state index contributed by atoms with van der Waals surface area (Å²) in [5.41, 5.74) is 2.49. The van der Waals surface area contributed by atoms with Crippen LogP contribution in [0.4, 0.5) is 17.1 Å². The molecule has 11 nitrogen and oxygen atoms in total. The zero-order chi connectivity index (χ0) is 29.1. The van der Waals surface area contributed by atoms with E-state index in [-0.39, 0.29) is 17.6 Å². The highest BCUT2D eigenvalue weighted by molar-refractivity contribution is 7.80. The number of methoxy groups -OCH3 is 2. The lowest BCUT2D eigenvalue weighted by atomic mass is 10.0. The van der Waals surface area contributed by atoms with Crippen molar-refractivity contribution >= 4 is 40.3 Å². The fourth-order valence-corrected chi connectivity index (χ4v) is 5.09. The number of pyridine rings is 1. The largest absolute Gasteiger partial charge is 0.496 e. The van der Waals surface area contributed by atoms with Crippen LogP contribution < -0.4 is 25.0 Å². The molecule has 1 aliphatic rings. The Labute approximate surface area is 241 Å². The van der Waals surface area contributed by atoms with E-state index in [4.69, 9.17) is 26.1 Å². The number of carbonyl (C=O) groups excluding carboxylic acids is 1. The summed E-state index contributed by atoms with van der Waals surface area (Å²) < 4.78 is 17.4. The standard InChI is InChI=1S/C29H27N5O6S/c1-4-26(35)31-20-11-9-17(15-25(20)39-3)33-28(27(32-29(33)41)21-7-5-6-14-30-21)23-13-12-22(40-23)19-10-8-18(34(36)37)16-24(19)38-2/h5-16,27-28H,4H2,1-3H3,(H,31,35)(H,32,41). The number of amides is 1. The molecule has 4 aromatic rings. The number of benzene rings is 2. The van der Waals surface area contributed by atoms with Crippen LogP contribution in [0, 0.1) is 10.1 Å². The lowest BCUT2D eigenvalue weighted by Crippen LogP contribution is -2.29. The first kappa shape index (κ1) is 27.6. The van der Waals surface area contributed by atoms with Crippen LogP contribution in [-0.2, 0) is 4.79 Å². The van der Waals surface area contributed by atoms with Gasteiger partial charge in [0.2, 0.25) is 5.91 Å². The third-order valence-electron chi connectivity index (χ3n) is 6.74. The average molecular weight is 574 g/mol. The Kier molecular flexibility index (Phi) is 7.83. The van der Waals surface area contributed by atoms with Crippen molar-refractivity contribution in [3.63, 3.8) is 0 Å². The molecule has 2 unspecified atom stereocenters. The summed E-state index contributed by atoms with van der Waals surface area (Å²) in [5, 5.41) is 17.9. The molecule has 2 atom stereocenters. The number of furan rings is 1. The molecule has 12 heteroatoms. The van der Waals surface area contributed by atoms with Gasteiger partial charge < -0.3 is 29.4 Å². The first-order valence-electron chi connectivity index (χ1n) is 12.8. The van der Waals surface area contributed by atoms with Crippen molar-refractivity contribution in [2.75, 3.05) is 24.4 Å². The van der Waals surface area contributed by atoms with Gasteiger partial charge >= 0.3 is 0 Å². The van der Waals surface area contributed by atoms with E-state index in [9.17, 15) is 14.9 Å². The minimum atomic E-state index is -0.479. The number of anilines is 2. The molecule has 1 amide bonds. The SMILES string of the molecule is CCC(=O)Nc1ccc(N2C(=S)NC(c3ccccn3)C2c2ccc(-c3ccc([N+](=O)[O-])cc3OC)o2)cc1OC. The van der Waals surface area contributed by atoms with E-state index < -0.39 is 11.0 Å². The number of rotatable bonds is 9. The Hall–Kier alpha value is -4.97. The van der Waals surface area contributed by atoms with Crippen molar-refractivity contribution in [3.05, 3.63) is 94.5 Å². The minimum Gasteiger partial charge on any atom is -0.496 e. The lowest BCUT2D eigenvalue weighted by molar-refractivity contribution is -0.384. The van der Waals surface area contributed by atoms with Crippen molar-refractivity contribution < 1.29 is 23.6 Å². The van der Waals surface area contributed by atoms with Gasteiger partial charge in [0.25, 0.3) is 5.69 Å². The van der Waals surface area contributed by atoms with Gasteiger partial charge in [0.1, 0.15) is 29.1 Å². The summed E-state index contributed by atoms with van der Waals surface area (Å²) in [6.45, 7) is 1.77. The maximum Gasteiger partial charge on any atom is 0.273 e. The van der Waals surface area contributed by atoms with E-state index >= 15 is 0 Å².